The lowest BCUT2D eigenvalue weighted by Gasteiger charge is -2.23. The predicted molar refractivity (Wildman–Crippen MR) is 77.5 cm³/mol. The second kappa shape index (κ2) is 9.50. The summed E-state index contributed by atoms with van der Waals surface area (Å²) in [6, 6.07) is 9.03. The number of esters is 1. The SMILES string of the molecule is CCC(CCCOC(=O)c1ccccc1)C(OC)OC. The summed E-state index contributed by atoms with van der Waals surface area (Å²) >= 11 is 0. The first-order valence-corrected chi connectivity index (χ1v) is 7.00. The largest absolute Gasteiger partial charge is 0.462 e. The average molecular weight is 280 g/mol. The fourth-order valence-electron chi connectivity index (χ4n) is 2.18. The molecule has 20 heavy (non-hydrogen) atoms. The van der Waals surface area contributed by atoms with Gasteiger partial charge in [-0.25, -0.2) is 4.79 Å². The Bertz CT molecular complexity index is 373. The van der Waals surface area contributed by atoms with Crippen molar-refractivity contribution >= 4 is 5.97 Å². The van der Waals surface area contributed by atoms with E-state index in [4.69, 9.17) is 14.2 Å². The molecule has 0 bridgehead atoms. The lowest BCUT2D eigenvalue weighted by molar-refractivity contribution is -0.140. The second-order valence-electron chi connectivity index (χ2n) is 4.65. The van der Waals surface area contributed by atoms with E-state index in [1.165, 1.54) is 0 Å². The summed E-state index contributed by atoms with van der Waals surface area (Å²) in [7, 11) is 3.29. The topological polar surface area (TPSA) is 44.8 Å². The van der Waals surface area contributed by atoms with E-state index in [-0.39, 0.29) is 12.3 Å². The van der Waals surface area contributed by atoms with Gasteiger partial charge in [0.05, 0.1) is 12.2 Å². The van der Waals surface area contributed by atoms with Crippen molar-refractivity contribution in [3.8, 4) is 0 Å². The molecule has 1 aromatic carbocycles. The van der Waals surface area contributed by atoms with Gasteiger partial charge in [0.25, 0.3) is 0 Å². The average Bonchev–Trinajstić information content (AvgIpc) is 2.51. The third kappa shape index (κ3) is 5.31. The molecule has 4 nitrogen and oxygen atoms in total. The number of hydrogen-bond acceptors (Lipinski definition) is 4. The summed E-state index contributed by atoms with van der Waals surface area (Å²) in [5.41, 5.74) is 0.589. The highest BCUT2D eigenvalue weighted by Gasteiger charge is 2.18. The van der Waals surface area contributed by atoms with Crippen LogP contribution in [0.1, 0.15) is 36.5 Å². The molecule has 1 rings (SSSR count). The predicted octanol–water partition coefficient (Wildman–Crippen LogP) is 3.27. The molecule has 0 radical (unpaired) electrons. The van der Waals surface area contributed by atoms with E-state index in [0.717, 1.165) is 19.3 Å². The van der Waals surface area contributed by atoms with Crippen LogP contribution in [0.25, 0.3) is 0 Å². The van der Waals surface area contributed by atoms with Crippen LogP contribution in [0.2, 0.25) is 0 Å². The van der Waals surface area contributed by atoms with Crippen LogP contribution in [0.4, 0.5) is 0 Å². The third-order valence-corrected chi connectivity index (χ3v) is 3.34. The minimum absolute atomic E-state index is 0.190. The van der Waals surface area contributed by atoms with Gasteiger partial charge in [0.15, 0.2) is 6.29 Å². The van der Waals surface area contributed by atoms with Gasteiger partial charge in [0.1, 0.15) is 0 Å². The minimum Gasteiger partial charge on any atom is -0.462 e. The second-order valence-corrected chi connectivity index (χ2v) is 4.65. The van der Waals surface area contributed by atoms with E-state index in [1.807, 2.05) is 18.2 Å². The molecule has 4 heteroatoms. The van der Waals surface area contributed by atoms with Gasteiger partial charge in [0.2, 0.25) is 0 Å². The van der Waals surface area contributed by atoms with Crippen LogP contribution in [-0.2, 0) is 14.2 Å². The third-order valence-electron chi connectivity index (χ3n) is 3.34. The van der Waals surface area contributed by atoms with E-state index in [0.29, 0.717) is 18.1 Å². The first-order chi connectivity index (χ1) is 9.72. The molecule has 112 valence electrons. The van der Waals surface area contributed by atoms with Crippen molar-refractivity contribution in [1.29, 1.82) is 0 Å². The van der Waals surface area contributed by atoms with Crippen LogP contribution in [0.3, 0.4) is 0 Å². The molecule has 0 aliphatic rings. The Hall–Kier alpha value is -1.39. The molecule has 0 aromatic heterocycles. The van der Waals surface area contributed by atoms with Crippen molar-refractivity contribution in [3.63, 3.8) is 0 Å². The fraction of sp³-hybridized carbons (Fsp3) is 0.562. The monoisotopic (exact) mass is 280 g/mol. The zero-order valence-corrected chi connectivity index (χ0v) is 12.5. The van der Waals surface area contributed by atoms with Crippen molar-refractivity contribution < 1.29 is 19.0 Å². The quantitative estimate of drug-likeness (QED) is 0.395. The zero-order valence-electron chi connectivity index (χ0n) is 12.5. The van der Waals surface area contributed by atoms with Gasteiger partial charge in [-0.05, 0) is 31.4 Å². The van der Waals surface area contributed by atoms with E-state index in [1.54, 1.807) is 26.4 Å². The van der Waals surface area contributed by atoms with Crippen LogP contribution in [0.15, 0.2) is 30.3 Å². The Labute approximate surface area is 121 Å². The van der Waals surface area contributed by atoms with Crippen molar-refractivity contribution in [1.82, 2.24) is 0 Å². The molecular weight excluding hydrogens is 256 g/mol. The number of rotatable bonds is 9. The van der Waals surface area contributed by atoms with Crippen LogP contribution >= 0.6 is 0 Å². The highest BCUT2D eigenvalue weighted by atomic mass is 16.7. The molecule has 0 aliphatic heterocycles. The summed E-state index contributed by atoms with van der Waals surface area (Å²) in [6.07, 6.45) is 2.49. The Kier molecular flexibility index (Phi) is 7.92. The highest BCUT2D eigenvalue weighted by molar-refractivity contribution is 5.89. The van der Waals surface area contributed by atoms with Gasteiger partial charge in [-0.3, -0.25) is 0 Å². The lowest BCUT2D eigenvalue weighted by atomic mass is 10.00. The highest BCUT2D eigenvalue weighted by Crippen LogP contribution is 2.18. The van der Waals surface area contributed by atoms with Gasteiger partial charge in [0, 0.05) is 20.1 Å². The summed E-state index contributed by atoms with van der Waals surface area (Å²) in [4.78, 5) is 11.7. The Balaban J connectivity index is 2.28. The van der Waals surface area contributed by atoms with Gasteiger partial charge < -0.3 is 14.2 Å². The standard InChI is InChI=1S/C16H24O4/c1-4-13(16(18-2)19-3)11-8-12-20-15(17)14-9-6-5-7-10-14/h5-7,9-10,13,16H,4,8,11-12H2,1-3H3. The van der Waals surface area contributed by atoms with E-state index in [9.17, 15) is 4.79 Å². The molecule has 0 fully saturated rings. The molecule has 0 aliphatic carbocycles. The zero-order chi connectivity index (χ0) is 14.8. The van der Waals surface area contributed by atoms with Crippen molar-refractivity contribution in [2.75, 3.05) is 20.8 Å². The molecule has 0 N–H and O–H groups in total. The lowest BCUT2D eigenvalue weighted by Crippen LogP contribution is -2.24. The van der Waals surface area contributed by atoms with Crippen LogP contribution in [0.5, 0.6) is 0 Å². The smallest absolute Gasteiger partial charge is 0.338 e. The first-order valence-electron chi connectivity index (χ1n) is 7.00. The Morgan fingerprint density at radius 3 is 2.35 bits per heavy atom. The van der Waals surface area contributed by atoms with Gasteiger partial charge >= 0.3 is 5.97 Å². The molecular formula is C16H24O4. The molecule has 1 atom stereocenters. The summed E-state index contributed by atoms with van der Waals surface area (Å²) in [5.74, 6) is 0.0501. The number of carbonyl (C=O) groups excluding carboxylic acids is 1. The Morgan fingerprint density at radius 1 is 1.15 bits per heavy atom. The molecule has 0 spiro atoms. The summed E-state index contributed by atoms with van der Waals surface area (Å²) in [5, 5.41) is 0. The first kappa shape index (κ1) is 16.7. The number of benzene rings is 1. The summed E-state index contributed by atoms with van der Waals surface area (Å²) in [6.45, 7) is 2.52. The van der Waals surface area contributed by atoms with Gasteiger partial charge in [-0.15, -0.1) is 0 Å². The van der Waals surface area contributed by atoms with E-state index >= 15 is 0 Å². The number of ether oxygens (including phenoxy) is 3. The number of methoxy groups -OCH3 is 2. The van der Waals surface area contributed by atoms with E-state index < -0.39 is 0 Å². The maximum Gasteiger partial charge on any atom is 0.338 e. The van der Waals surface area contributed by atoms with Gasteiger partial charge in [-0.1, -0.05) is 25.1 Å². The molecule has 0 saturated carbocycles. The molecule has 0 heterocycles. The van der Waals surface area contributed by atoms with Crippen LogP contribution in [-0.4, -0.2) is 33.1 Å². The summed E-state index contributed by atoms with van der Waals surface area (Å²) < 4.78 is 15.8. The van der Waals surface area contributed by atoms with Crippen molar-refractivity contribution in [3.05, 3.63) is 35.9 Å². The molecule has 1 aromatic rings. The minimum atomic E-state index is -0.270. The van der Waals surface area contributed by atoms with Crippen LogP contribution in [0, 0.1) is 5.92 Å². The maximum atomic E-state index is 11.7. The number of carbonyl (C=O) groups is 1. The van der Waals surface area contributed by atoms with E-state index in [2.05, 4.69) is 6.92 Å². The number of hydrogen-bond donors (Lipinski definition) is 0. The maximum absolute atomic E-state index is 11.7. The molecule has 0 amide bonds. The Morgan fingerprint density at radius 2 is 1.80 bits per heavy atom. The van der Waals surface area contributed by atoms with Crippen molar-refractivity contribution in [2.24, 2.45) is 5.92 Å². The molecule has 0 saturated heterocycles. The van der Waals surface area contributed by atoms with Crippen molar-refractivity contribution in [2.45, 2.75) is 32.5 Å². The van der Waals surface area contributed by atoms with Crippen LogP contribution < -0.4 is 0 Å². The normalized spacial score (nSPS) is 12.4. The molecule has 1 unspecified atom stereocenters. The van der Waals surface area contributed by atoms with Gasteiger partial charge in [-0.2, -0.15) is 0 Å². The fourth-order valence-corrected chi connectivity index (χ4v) is 2.18.